The molecule has 0 aliphatic carbocycles. The number of pyridine rings is 1. The van der Waals surface area contributed by atoms with Crippen LogP contribution in [0.15, 0.2) is 70.1 Å². The van der Waals surface area contributed by atoms with Gasteiger partial charge in [0.1, 0.15) is 28.6 Å². The zero-order chi connectivity index (χ0) is 29.7. The van der Waals surface area contributed by atoms with Crippen molar-refractivity contribution in [2.45, 2.75) is 43.4 Å². The second-order valence-electron chi connectivity index (χ2n) is 9.47. The molecule has 3 heterocycles. The van der Waals surface area contributed by atoms with Crippen LogP contribution in [0.2, 0.25) is 0 Å². The summed E-state index contributed by atoms with van der Waals surface area (Å²) in [4.78, 5) is 3.82. The fourth-order valence-electron chi connectivity index (χ4n) is 4.07. The molecule has 0 spiro atoms. The van der Waals surface area contributed by atoms with Gasteiger partial charge in [-0.05, 0) is 56.3 Å². The number of ether oxygens (including phenoxy) is 1. The van der Waals surface area contributed by atoms with Gasteiger partial charge < -0.3 is 19.7 Å². The quantitative estimate of drug-likeness (QED) is 0.248. The van der Waals surface area contributed by atoms with Crippen molar-refractivity contribution in [2.24, 2.45) is 0 Å². The minimum Gasteiger partial charge on any atom is -0.406 e. The van der Waals surface area contributed by atoms with Gasteiger partial charge in [0.15, 0.2) is 16.7 Å². The van der Waals surface area contributed by atoms with E-state index in [0.29, 0.717) is 5.56 Å². The predicted octanol–water partition coefficient (Wildman–Crippen LogP) is 6.67. The number of nitrogens with one attached hydrogen (secondary N) is 1. The molecule has 5 rings (SSSR count). The lowest BCUT2D eigenvalue weighted by molar-refractivity contribution is -0.274. The number of aliphatic hydroxyl groups is 1. The van der Waals surface area contributed by atoms with E-state index >= 15 is 0 Å². The summed E-state index contributed by atoms with van der Waals surface area (Å²) in [5.41, 5.74) is -1.26. The van der Waals surface area contributed by atoms with Crippen LogP contribution in [-0.2, 0) is 29.3 Å². The number of alkyl halides is 6. The van der Waals surface area contributed by atoms with Crippen LogP contribution in [0.25, 0.3) is 11.3 Å². The molecule has 0 amide bonds. The number of anilines is 3. The third-order valence-electron chi connectivity index (χ3n) is 5.98. The topological polar surface area (TPSA) is 101 Å². The summed E-state index contributed by atoms with van der Waals surface area (Å²) in [6.45, 7) is 2.78. The molecular formula is C26H20F6N4O4S. The number of hydrogen-bond donors (Lipinski definition) is 2. The molecule has 2 N–H and O–H groups in total. The summed E-state index contributed by atoms with van der Waals surface area (Å²) in [7, 11) is -2.10. The zero-order valence-electron chi connectivity index (χ0n) is 21.2. The first-order chi connectivity index (χ1) is 19.1. The third-order valence-corrected chi connectivity index (χ3v) is 7.37. The fourth-order valence-corrected chi connectivity index (χ4v) is 5.31. The van der Waals surface area contributed by atoms with Crippen molar-refractivity contribution in [3.8, 4) is 17.1 Å². The number of aromatic nitrogens is 2. The summed E-state index contributed by atoms with van der Waals surface area (Å²) in [5.74, 6) is -0.486. The number of benzene rings is 2. The van der Waals surface area contributed by atoms with Crippen molar-refractivity contribution in [2.75, 3.05) is 9.62 Å². The molecule has 0 fully saturated rings. The second-order valence-corrected chi connectivity index (χ2v) is 10.9. The Bertz CT molecular complexity index is 1610. The first-order valence-electron chi connectivity index (χ1n) is 11.8. The number of nitrogens with zero attached hydrogens (tertiary/aromatic N) is 3. The van der Waals surface area contributed by atoms with Gasteiger partial charge in [-0.25, -0.2) is 9.19 Å². The highest BCUT2D eigenvalue weighted by Crippen LogP contribution is 2.45. The van der Waals surface area contributed by atoms with E-state index in [1.807, 2.05) is 0 Å². The van der Waals surface area contributed by atoms with Gasteiger partial charge >= 0.3 is 12.5 Å². The Labute approximate surface area is 231 Å². The van der Waals surface area contributed by atoms with Gasteiger partial charge in [-0.2, -0.15) is 13.2 Å². The molecule has 2 aromatic carbocycles. The van der Waals surface area contributed by atoms with E-state index in [9.17, 15) is 35.7 Å². The van der Waals surface area contributed by atoms with Crippen LogP contribution < -0.4 is 14.4 Å². The summed E-state index contributed by atoms with van der Waals surface area (Å²) in [5, 5.41) is 17.1. The maximum Gasteiger partial charge on any atom is 0.573 e. The molecule has 41 heavy (non-hydrogen) atoms. The summed E-state index contributed by atoms with van der Waals surface area (Å²) in [6, 6.07) is 12.6. The average molecular weight is 599 g/mol. The normalized spacial score (nSPS) is 14.5. The Morgan fingerprint density at radius 1 is 1.00 bits per heavy atom. The van der Waals surface area contributed by atoms with Crippen LogP contribution >= 0.6 is 0 Å². The predicted molar refractivity (Wildman–Crippen MR) is 135 cm³/mol. The van der Waals surface area contributed by atoms with Crippen molar-refractivity contribution in [3.05, 3.63) is 77.6 Å². The monoisotopic (exact) mass is 598 g/mol. The van der Waals surface area contributed by atoms with Crippen molar-refractivity contribution < 1.29 is 44.9 Å². The SMILES string of the molecule is CC(C)(O)c1cc(-c2cccc3c2N(S(=O)c2ccc(OC(F)(F)F)cc2)Cc2ccc(C(F)(F)F)nc2N3)on1. The zero-order valence-corrected chi connectivity index (χ0v) is 22.0. The Morgan fingerprint density at radius 3 is 2.32 bits per heavy atom. The third kappa shape index (κ3) is 6.00. The van der Waals surface area contributed by atoms with Crippen molar-refractivity contribution in [1.82, 2.24) is 10.1 Å². The van der Waals surface area contributed by atoms with E-state index in [2.05, 4.69) is 20.2 Å². The van der Waals surface area contributed by atoms with E-state index < -0.39 is 40.6 Å². The van der Waals surface area contributed by atoms with Gasteiger partial charge in [0.2, 0.25) is 0 Å². The molecule has 1 atom stereocenters. The summed E-state index contributed by atoms with van der Waals surface area (Å²) in [6.07, 6.45) is -9.64. The standard InChI is InChI=1S/C26H20F6N4O4S/c1-24(2,37)21-12-19(40-35-21)17-4-3-5-18-22(17)36(13-14-6-11-20(25(27,28)29)34-23(14)33-18)41(38)16-9-7-15(8-10-16)39-26(30,31)32/h3-12,37H,13H2,1-2H3,(H,33,34). The lowest BCUT2D eigenvalue weighted by Gasteiger charge is -2.25. The lowest BCUT2D eigenvalue weighted by atomic mass is 10.0. The van der Waals surface area contributed by atoms with Gasteiger partial charge in [-0.15, -0.1) is 13.2 Å². The van der Waals surface area contributed by atoms with Gasteiger partial charge in [0.05, 0.1) is 22.8 Å². The molecule has 216 valence electrons. The van der Waals surface area contributed by atoms with Crippen LogP contribution in [0, 0.1) is 0 Å². The molecular weight excluding hydrogens is 578 g/mol. The average Bonchev–Trinajstić information content (AvgIpc) is 3.31. The van der Waals surface area contributed by atoms with Gasteiger partial charge in [0, 0.05) is 17.2 Å². The highest BCUT2D eigenvalue weighted by molar-refractivity contribution is 7.86. The molecule has 0 radical (unpaired) electrons. The summed E-state index contributed by atoms with van der Waals surface area (Å²) >= 11 is 0. The molecule has 1 unspecified atom stereocenters. The Kier molecular flexibility index (Phi) is 6.98. The van der Waals surface area contributed by atoms with E-state index in [0.717, 1.165) is 18.2 Å². The number of rotatable bonds is 5. The Hall–Kier alpha value is -4.11. The van der Waals surface area contributed by atoms with Gasteiger partial charge in [-0.1, -0.05) is 17.3 Å². The van der Waals surface area contributed by atoms with Crippen molar-refractivity contribution >= 4 is 28.2 Å². The fraction of sp³-hybridized carbons (Fsp3) is 0.231. The number of halogens is 6. The molecule has 0 saturated carbocycles. The van der Waals surface area contributed by atoms with E-state index in [-0.39, 0.29) is 45.7 Å². The minimum absolute atomic E-state index is 0.0818. The second kappa shape index (κ2) is 10.1. The van der Waals surface area contributed by atoms with Crippen LogP contribution in [-0.4, -0.2) is 25.8 Å². The Balaban J connectivity index is 1.64. The molecule has 0 saturated heterocycles. The smallest absolute Gasteiger partial charge is 0.406 e. The summed E-state index contributed by atoms with van der Waals surface area (Å²) < 4.78 is 103. The molecule has 15 heteroatoms. The van der Waals surface area contributed by atoms with Crippen LogP contribution in [0.5, 0.6) is 5.75 Å². The maximum absolute atomic E-state index is 14.0. The molecule has 1 aliphatic heterocycles. The van der Waals surface area contributed by atoms with Crippen molar-refractivity contribution in [1.29, 1.82) is 0 Å². The largest absolute Gasteiger partial charge is 0.573 e. The van der Waals surface area contributed by atoms with Gasteiger partial charge in [-0.3, -0.25) is 4.31 Å². The highest BCUT2D eigenvalue weighted by Gasteiger charge is 2.36. The maximum atomic E-state index is 14.0. The molecule has 4 aromatic rings. The molecule has 1 aliphatic rings. The minimum atomic E-state index is -4.92. The number of hydrogen-bond acceptors (Lipinski definition) is 7. The Morgan fingerprint density at radius 2 is 1.71 bits per heavy atom. The molecule has 8 nitrogen and oxygen atoms in total. The number of fused-ring (bicyclic) bond motifs is 2. The van der Waals surface area contributed by atoms with Crippen LogP contribution in [0.3, 0.4) is 0 Å². The van der Waals surface area contributed by atoms with Crippen LogP contribution in [0.4, 0.5) is 43.5 Å². The van der Waals surface area contributed by atoms with Crippen molar-refractivity contribution in [3.63, 3.8) is 0 Å². The van der Waals surface area contributed by atoms with Gasteiger partial charge in [0.25, 0.3) is 0 Å². The number of para-hydroxylation sites is 1. The first kappa shape index (κ1) is 28.4. The molecule has 0 bridgehead atoms. The van der Waals surface area contributed by atoms with E-state index in [4.69, 9.17) is 4.52 Å². The molecule has 2 aromatic heterocycles. The first-order valence-corrected chi connectivity index (χ1v) is 12.9. The lowest BCUT2D eigenvalue weighted by Crippen LogP contribution is -2.25. The van der Waals surface area contributed by atoms with Crippen LogP contribution in [0.1, 0.15) is 30.8 Å². The highest BCUT2D eigenvalue weighted by atomic mass is 32.2. The van der Waals surface area contributed by atoms with E-state index in [1.165, 1.54) is 48.5 Å². The van der Waals surface area contributed by atoms with E-state index in [1.54, 1.807) is 12.1 Å².